The number of benzene rings is 3. The van der Waals surface area contributed by atoms with Crippen LogP contribution in [-0.4, -0.2) is 31.0 Å². The van der Waals surface area contributed by atoms with E-state index in [4.69, 9.17) is 9.47 Å². The van der Waals surface area contributed by atoms with E-state index in [1.807, 2.05) is 24.3 Å². The van der Waals surface area contributed by atoms with Gasteiger partial charge in [0, 0.05) is 5.92 Å². The van der Waals surface area contributed by atoms with Gasteiger partial charge in [0.1, 0.15) is 19.0 Å². The second kappa shape index (κ2) is 9.85. The van der Waals surface area contributed by atoms with Gasteiger partial charge in [-0.2, -0.15) is 0 Å². The molecule has 1 aliphatic rings. The van der Waals surface area contributed by atoms with E-state index in [1.54, 1.807) is 12.1 Å². The van der Waals surface area contributed by atoms with Gasteiger partial charge in [-0.05, 0) is 71.8 Å². The summed E-state index contributed by atoms with van der Waals surface area (Å²) < 4.78 is 12.7. The molecule has 0 heterocycles. The van der Waals surface area contributed by atoms with E-state index >= 15 is 0 Å². The van der Waals surface area contributed by atoms with Crippen molar-refractivity contribution in [3.8, 4) is 16.9 Å². The lowest BCUT2D eigenvalue weighted by atomic mass is 9.98. The molecule has 0 atom stereocenters. The van der Waals surface area contributed by atoms with Crippen LogP contribution in [0.25, 0.3) is 11.1 Å². The first-order chi connectivity index (χ1) is 15.1. The molecular weight excluding hydrogens is 526 g/mol. The van der Waals surface area contributed by atoms with E-state index in [-0.39, 0.29) is 25.7 Å². The van der Waals surface area contributed by atoms with Crippen LogP contribution in [0.15, 0.2) is 69.6 Å². The highest BCUT2D eigenvalue weighted by molar-refractivity contribution is 9.11. The van der Waals surface area contributed by atoms with E-state index in [9.17, 15) is 9.90 Å². The molecule has 1 amide bonds. The van der Waals surface area contributed by atoms with Gasteiger partial charge in [0.15, 0.2) is 0 Å². The van der Waals surface area contributed by atoms with E-state index in [2.05, 4.69) is 61.4 Å². The Morgan fingerprint density at radius 3 is 2.13 bits per heavy atom. The summed E-state index contributed by atoms with van der Waals surface area (Å²) in [4.78, 5) is 12.2. The summed E-state index contributed by atoms with van der Waals surface area (Å²) in [5.74, 6) is 0.651. The maximum atomic E-state index is 12.2. The molecule has 3 aromatic rings. The van der Waals surface area contributed by atoms with Crippen molar-refractivity contribution in [2.45, 2.75) is 12.5 Å². The van der Waals surface area contributed by atoms with Gasteiger partial charge >= 0.3 is 6.09 Å². The van der Waals surface area contributed by atoms with Crippen molar-refractivity contribution in [1.29, 1.82) is 0 Å². The van der Waals surface area contributed by atoms with E-state index < -0.39 is 6.09 Å². The van der Waals surface area contributed by atoms with Gasteiger partial charge in [0.25, 0.3) is 0 Å². The molecule has 0 bridgehead atoms. The predicted octanol–water partition coefficient (Wildman–Crippen LogP) is 5.62. The van der Waals surface area contributed by atoms with E-state index in [1.165, 1.54) is 22.3 Å². The lowest BCUT2D eigenvalue weighted by Crippen LogP contribution is -2.30. The number of fused-ring (bicyclic) bond motifs is 3. The first-order valence-electron chi connectivity index (χ1n) is 9.89. The molecule has 160 valence electrons. The van der Waals surface area contributed by atoms with Gasteiger partial charge in [-0.3, -0.25) is 0 Å². The number of rotatable bonds is 7. The van der Waals surface area contributed by atoms with Crippen molar-refractivity contribution in [2.24, 2.45) is 0 Å². The fourth-order valence-corrected chi connectivity index (χ4v) is 5.31. The quantitative estimate of drug-likeness (QED) is 0.377. The van der Waals surface area contributed by atoms with Crippen LogP contribution in [0, 0.1) is 0 Å². The van der Waals surface area contributed by atoms with Crippen LogP contribution in [0.2, 0.25) is 0 Å². The standard InChI is InChI=1S/C24H21Br2NO4/c25-21-11-15(13-28)12-22(26)23(21)30-10-9-27-24(29)31-14-20-18-7-3-1-5-16(18)17-6-2-4-8-19(17)20/h1-8,11-12,20,28H,9-10,13-14H2,(H,27,29). The number of hydrogen-bond acceptors (Lipinski definition) is 4. The Morgan fingerprint density at radius 2 is 1.55 bits per heavy atom. The van der Waals surface area contributed by atoms with Crippen molar-refractivity contribution in [1.82, 2.24) is 5.32 Å². The summed E-state index contributed by atoms with van der Waals surface area (Å²) in [5.41, 5.74) is 5.53. The third kappa shape index (κ3) is 4.79. The summed E-state index contributed by atoms with van der Waals surface area (Å²) >= 11 is 6.86. The van der Waals surface area contributed by atoms with Crippen LogP contribution in [0.4, 0.5) is 4.79 Å². The number of carbonyl (C=O) groups excluding carboxylic acids is 1. The number of amides is 1. The number of hydrogen-bond donors (Lipinski definition) is 2. The zero-order valence-corrected chi connectivity index (χ0v) is 19.8. The maximum absolute atomic E-state index is 12.2. The van der Waals surface area contributed by atoms with Crippen molar-refractivity contribution in [3.63, 3.8) is 0 Å². The lowest BCUT2D eigenvalue weighted by molar-refractivity contribution is 0.141. The molecule has 0 aromatic heterocycles. The fraction of sp³-hybridized carbons (Fsp3) is 0.208. The predicted molar refractivity (Wildman–Crippen MR) is 126 cm³/mol. The monoisotopic (exact) mass is 545 g/mol. The molecule has 2 N–H and O–H groups in total. The molecule has 5 nitrogen and oxygen atoms in total. The minimum atomic E-state index is -0.473. The molecule has 31 heavy (non-hydrogen) atoms. The molecule has 0 fully saturated rings. The van der Waals surface area contributed by atoms with Gasteiger partial charge in [0.05, 0.1) is 22.1 Å². The van der Waals surface area contributed by atoms with E-state index in [0.717, 1.165) is 14.5 Å². The average Bonchev–Trinajstić information content (AvgIpc) is 3.10. The first kappa shape index (κ1) is 21.9. The second-order valence-corrected chi connectivity index (χ2v) is 8.86. The number of aliphatic hydroxyl groups excluding tert-OH is 1. The van der Waals surface area contributed by atoms with Crippen molar-refractivity contribution in [3.05, 3.63) is 86.3 Å². The second-order valence-electron chi connectivity index (χ2n) is 7.15. The highest BCUT2D eigenvalue weighted by Gasteiger charge is 2.28. The highest BCUT2D eigenvalue weighted by atomic mass is 79.9. The SMILES string of the molecule is O=C(NCCOc1c(Br)cc(CO)cc1Br)OCC1c2ccccc2-c2ccccc21. The topological polar surface area (TPSA) is 67.8 Å². The van der Waals surface area contributed by atoms with Gasteiger partial charge in [-0.1, -0.05) is 48.5 Å². The van der Waals surface area contributed by atoms with Gasteiger partial charge in [0.2, 0.25) is 0 Å². The Labute approximate surface area is 197 Å². The van der Waals surface area contributed by atoms with Gasteiger partial charge in [-0.15, -0.1) is 0 Å². The Balaban J connectivity index is 1.29. The number of halogens is 2. The molecule has 4 rings (SSSR count). The minimum absolute atomic E-state index is 0.0337. The third-order valence-electron chi connectivity index (χ3n) is 5.20. The number of nitrogens with one attached hydrogen (secondary N) is 1. The van der Waals surface area contributed by atoms with Crippen LogP contribution >= 0.6 is 31.9 Å². The summed E-state index contributed by atoms with van der Waals surface area (Å²) in [6.45, 7) is 0.804. The highest BCUT2D eigenvalue weighted by Crippen LogP contribution is 2.44. The van der Waals surface area contributed by atoms with Crippen molar-refractivity contribution in [2.75, 3.05) is 19.8 Å². The largest absolute Gasteiger partial charge is 0.489 e. The summed E-state index contributed by atoms with van der Waals surface area (Å²) in [5, 5.41) is 12.0. The molecule has 3 aromatic carbocycles. The molecule has 0 radical (unpaired) electrons. The maximum Gasteiger partial charge on any atom is 0.407 e. The minimum Gasteiger partial charge on any atom is -0.489 e. The van der Waals surface area contributed by atoms with Crippen molar-refractivity contribution >= 4 is 38.0 Å². The molecule has 0 aliphatic heterocycles. The summed E-state index contributed by atoms with van der Waals surface area (Å²) in [6, 6.07) is 20.1. The molecule has 0 spiro atoms. The van der Waals surface area contributed by atoms with Crippen LogP contribution < -0.4 is 10.1 Å². The van der Waals surface area contributed by atoms with Crippen LogP contribution in [0.3, 0.4) is 0 Å². The molecular formula is C24H21Br2NO4. The Morgan fingerprint density at radius 1 is 0.968 bits per heavy atom. The molecule has 7 heteroatoms. The smallest absolute Gasteiger partial charge is 0.407 e. The summed E-state index contributed by atoms with van der Waals surface area (Å²) in [7, 11) is 0. The molecule has 0 saturated carbocycles. The van der Waals surface area contributed by atoms with Crippen molar-refractivity contribution < 1.29 is 19.4 Å². The number of ether oxygens (including phenoxy) is 2. The fourth-order valence-electron chi connectivity index (χ4n) is 3.80. The zero-order valence-electron chi connectivity index (χ0n) is 16.6. The Kier molecular flexibility index (Phi) is 6.95. The van der Waals surface area contributed by atoms with Gasteiger partial charge in [-0.25, -0.2) is 4.79 Å². The van der Waals surface area contributed by atoms with Crippen LogP contribution in [0.1, 0.15) is 22.6 Å². The first-order valence-corrected chi connectivity index (χ1v) is 11.5. The lowest BCUT2D eigenvalue weighted by Gasteiger charge is -2.15. The number of aliphatic hydroxyl groups is 1. The third-order valence-corrected chi connectivity index (χ3v) is 6.38. The average molecular weight is 547 g/mol. The Bertz CT molecular complexity index is 1030. The number of carbonyl (C=O) groups is 1. The van der Waals surface area contributed by atoms with Crippen LogP contribution in [-0.2, 0) is 11.3 Å². The molecule has 1 aliphatic carbocycles. The van der Waals surface area contributed by atoms with E-state index in [0.29, 0.717) is 12.3 Å². The zero-order chi connectivity index (χ0) is 21.8. The van der Waals surface area contributed by atoms with Gasteiger partial charge < -0.3 is 19.9 Å². The molecule has 0 saturated heterocycles. The number of alkyl carbamates (subject to hydrolysis) is 1. The molecule has 0 unspecified atom stereocenters. The Hall–Kier alpha value is -2.35. The van der Waals surface area contributed by atoms with Crippen LogP contribution in [0.5, 0.6) is 5.75 Å². The normalized spacial score (nSPS) is 12.2. The summed E-state index contributed by atoms with van der Waals surface area (Å²) in [6.07, 6.45) is -0.473.